The Hall–Kier alpha value is -1.42. The lowest BCUT2D eigenvalue weighted by molar-refractivity contribution is 0.0854. The van der Waals surface area contributed by atoms with Crippen molar-refractivity contribution in [2.24, 2.45) is 0 Å². The van der Waals surface area contributed by atoms with E-state index in [-0.39, 0.29) is 0 Å². The van der Waals surface area contributed by atoms with E-state index < -0.39 is 0 Å². The van der Waals surface area contributed by atoms with Crippen molar-refractivity contribution in [3.05, 3.63) is 17.7 Å². The Morgan fingerprint density at radius 1 is 1.18 bits per heavy atom. The van der Waals surface area contributed by atoms with Gasteiger partial charge in [-0.05, 0) is 56.6 Å². The Labute approximate surface area is 133 Å². The average molecular weight is 304 g/mol. The third-order valence-corrected chi connectivity index (χ3v) is 5.15. The van der Waals surface area contributed by atoms with Gasteiger partial charge in [0.15, 0.2) is 0 Å². The average Bonchev–Trinajstić information content (AvgIpc) is 2.56. The van der Waals surface area contributed by atoms with Crippen LogP contribution in [0.1, 0.15) is 50.5 Å². The smallest absolute Gasteiger partial charge is 0.143 e. The molecule has 1 aromatic rings. The molecule has 0 bridgehead atoms. The van der Waals surface area contributed by atoms with Crippen LogP contribution in [0.4, 0.5) is 11.4 Å². The maximum atomic E-state index is 6.20. The van der Waals surface area contributed by atoms with Gasteiger partial charge in [0, 0.05) is 37.6 Å². The zero-order chi connectivity index (χ0) is 15.5. The fraction of sp³-hybridized carbons (Fsp3) is 0.667. The second-order valence-corrected chi connectivity index (χ2v) is 6.58. The van der Waals surface area contributed by atoms with Crippen LogP contribution in [0.2, 0.25) is 0 Å². The Morgan fingerprint density at radius 2 is 1.95 bits per heavy atom. The van der Waals surface area contributed by atoms with E-state index in [2.05, 4.69) is 24.0 Å². The zero-order valence-corrected chi connectivity index (χ0v) is 13.8. The summed E-state index contributed by atoms with van der Waals surface area (Å²) in [6, 6.07) is 4.88. The molecule has 1 unspecified atom stereocenters. The number of hydrogen-bond donors (Lipinski definition) is 1. The van der Waals surface area contributed by atoms with Crippen molar-refractivity contribution in [3.63, 3.8) is 0 Å². The molecule has 4 heteroatoms. The molecular formula is C18H28N2O2. The number of methoxy groups -OCH3 is 1. The minimum Gasteiger partial charge on any atom is -0.495 e. The van der Waals surface area contributed by atoms with Gasteiger partial charge in [0.25, 0.3) is 0 Å². The number of nitrogen functional groups attached to an aromatic ring is 1. The van der Waals surface area contributed by atoms with Crippen LogP contribution in [0.5, 0.6) is 5.75 Å². The second-order valence-electron chi connectivity index (χ2n) is 6.58. The summed E-state index contributed by atoms with van der Waals surface area (Å²) in [5.41, 5.74) is 9.65. The standard InChI is InChI=1S/C18H28N2O2/c1-13-5-3-4-8-20(13)17-12-18(21-2)16(19)11-15(17)14-6-9-22-10-7-14/h11-14H,3-10,19H2,1-2H3. The minimum absolute atomic E-state index is 0.547. The van der Waals surface area contributed by atoms with E-state index in [1.165, 1.54) is 30.5 Å². The number of benzene rings is 1. The molecule has 0 spiro atoms. The van der Waals surface area contributed by atoms with Gasteiger partial charge < -0.3 is 20.1 Å². The first-order chi connectivity index (χ1) is 10.7. The number of nitrogens with zero attached hydrogens (tertiary/aromatic N) is 1. The molecule has 0 aromatic heterocycles. The molecule has 4 nitrogen and oxygen atoms in total. The largest absolute Gasteiger partial charge is 0.495 e. The van der Waals surface area contributed by atoms with Gasteiger partial charge in [0.05, 0.1) is 12.8 Å². The number of piperidine rings is 1. The molecule has 0 aliphatic carbocycles. The monoisotopic (exact) mass is 304 g/mol. The van der Waals surface area contributed by atoms with Crippen LogP contribution in [-0.4, -0.2) is 32.9 Å². The van der Waals surface area contributed by atoms with E-state index in [0.717, 1.165) is 44.0 Å². The van der Waals surface area contributed by atoms with Gasteiger partial charge in [-0.3, -0.25) is 0 Å². The lowest BCUT2D eigenvalue weighted by Gasteiger charge is -2.38. The summed E-state index contributed by atoms with van der Waals surface area (Å²) in [5, 5.41) is 0. The molecule has 22 heavy (non-hydrogen) atoms. The molecule has 0 amide bonds. The van der Waals surface area contributed by atoms with Gasteiger partial charge in [0.2, 0.25) is 0 Å². The summed E-state index contributed by atoms with van der Waals surface area (Å²) >= 11 is 0. The van der Waals surface area contributed by atoms with Gasteiger partial charge in [-0.1, -0.05) is 0 Å². The van der Waals surface area contributed by atoms with Crippen molar-refractivity contribution in [1.82, 2.24) is 0 Å². The molecule has 1 atom stereocenters. The van der Waals surface area contributed by atoms with Crippen molar-refractivity contribution < 1.29 is 9.47 Å². The van der Waals surface area contributed by atoms with E-state index in [9.17, 15) is 0 Å². The summed E-state index contributed by atoms with van der Waals surface area (Å²) in [6.07, 6.45) is 6.03. The Morgan fingerprint density at radius 3 is 2.64 bits per heavy atom. The fourth-order valence-corrected chi connectivity index (χ4v) is 3.82. The van der Waals surface area contributed by atoms with Gasteiger partial charge in [-0.2, -0.15) is 0 Å². The quantitative estimate of drug-likeness (QED) is 0.868. The van der Waals surface area contributed by atoms with E-state index in [0.29, 0.717) is 12.0 Å². The number of nitrogens with two attached hydrogens (primary N) is 1. The van der Waals surface area contributed by atoms with Crippen LogP contribution in [0.25, 0.3) is 0 Å². The maximum absolute atomic E-state index is 6.20. The van der Waals surface area contributed by atoms with Gasteiger partial charge in [-0.15, -0.1) is 0 Å². The highest BCUT2D eigenvalue weighted by molar-refractivity contribution is 5.68. The van der Waals surface area contributed by atoms with Crippen molar-refractivity contribution in [1.29, 1.82) is 0 Å². The molecule has 3 rings (SSSR count). The van der Waals surface area contributed by atoms with Gasteiger partial charge in [-0.25, -0.2) is 0 Å². The zero-order valence-electron chi connectivity index (χ0n) is 13.8. The first-order valence-corrected chi connectivity index (χ1v) is 8.52. The second kappa shape index (κ2) is 6.78. The van der Waals surface area contributed by atoms with Crippen LogP contribution in [0.3, 0.4) is 0 Å². The molecular weight excluding hydrogens is 276 g/mol. The summed E-state index contributed by atoms with van der Waals surface area (Å²) < 4.78 is 11.0. The molecule has 0 saturated carbocycles. The molecule has 2 N–H and O–H groups in total. The number of rotatable bonds is 3. The highest BCUT2D eigenvalue weighted by Crippen LogP contribution is 2.41. The van der Waals surface area contributed by atoms with Crippen molar-refractivity contribution in [2.75, 3.05) is 37.5 Å². The van der Waals surface area contributed by atoms with Gasteiger partial charge in [0.1, 0.15) is 5.75 Å². The van der Waals surface area contributed by atoms with Crippen LogP contribution in [0.15, 0.2) is 12.1 Å². The van der Waals surface area contributed by atoms with Crippen LogP contribution in [-0.2, 0) is 4.74 Å². The normalized spacial score (nSPS) is 23.5. The number of ether oxygens (including phenoxy) is 2. The summed E-state index contributed by atoms with van der Waals surface area (Å²) in [6.45, 7) is 5.16. The first-order valence-electron chi connectivity index (χ1n) is 8.52. The minimum atomic E-state index is 0.547. The molecule has 122 valence electrons. The summed E-state index contributed by atoms with van der Waals surface area (Å²) in [4.78, 5) is 2.55. The first kappa shape index (κ1) is 15.5. The molecule has 0 radical (unpaired) electrons. The predicted octanol–water partition coefficient (Wildman–Crippen LogP) is 3.55. The van der Waals surface area contributed by atoms with Crippen molar-refractivity contribution >= 4 is 11.4 Å². The topological polar surface area (TPSA) is 47.7 Å². The Balaban J connectivity index is 2.00. The van der Waals surface area contributed by atoms with Crippen molar-refractivity contribution in [3.8, 4) is 5.75 Å². The van der Waals surface area contributed by atoms with Gasteiger partial charge >= 0.3 is 0 Å². The molecule has 2 saturated heterocycles. The van der Waals surface area contributed by atoms with E-state index in [1.54, 1.807) is 7.11 Å². The molecule has 2 aliphatic heterocycles. The lowest BCUT2D eigenvalue weighted by atomic mass is 9.88. The van der Waals surface area contributed by atoms with Crippen LogP contribution in [0, 0.1) is 0 Å². The summed E-state index contributed by atoms with van der Waals surface area (Å²) in [5.74, 6) is 1.34. The highest BCUT2D eigenvalue weighted by Gasteiger charge is 2.26. The summed E-state index contributed by atoms with van der Waals surface area (Å²) in [7, 11) is 1.70. The maximum Gasteiger partial charge on any atom is 0.143 e. The Kier molecular flexibility index (Phi) is 4.77. The highest BCUT2D eigenvalue weighted by atomic mass is 16.5. The van der Waals surface area contributed by atoms with Crippen LogP contribution >= 0.6 is 0 Å². The number of anilines is 2. The molecule has 2 fully saturated rings. The molecule has 2 aliphatic rings. The van der Waals surface area contributed by atoms with Crippen LogP contribution < -0.4 is 15.4 Å². The molecule has 1 aromatic carbocycles. The van der Waals surface area contributed by atoms with E-state index in [4.69, 9.17) is 15.2 Å². The van der Waals surface area contributed by atoms with E-state index in [1.807, 2.05) is 0 Å². The SMILES string of the molecule is COc1cc(N2CCCCC2C)c(C2CCOCC2)cc1N. The third kappa shape index (κ3) is 3.02. The van der Waals surface area contributed by atoms with E-state index >= 15 is 0 Å². The number of hydrogen-bond acceptors (Lipinski definition) is 4. The fourth-order valence-electron chi connectivity index (χ4n) is 3.82. The molecule has 2 heterocycles. The predicted molar refractivity (Wildman–Crippen MR) is 90.9 cm³/mol. The van der Waals surface area contributed by atoms with Crippen molar-refractivity contribution in [2.45, 2.75) is 51.0 Å². The Bertz CT molecular complexity index is 512. The third-order valence-electron chi connectivity index (χ3n) is 5.15. The lowest BCUT2D eigenvalue weighted by Crippen LogP contribution is -2.38.